The van der Waals surface area contributed by atoms with Gasteiger partial charge < -0.3 is 5.32 Å². The molecule has 0 spiro atoms. The van der Waals surface area contributed by atoms with Gasteiger partial charge in [-0.3, -0.25) is 4.79 Å². The van der Waals surface area contributed by atoms with Gasteiger partial charge in [-0.05, 0) is 32.8 Å². The fraction of sp³-hybridized carbons (Fsp3) is 0.588. The van der Waals surface area contributed by atoms with Crippen LogP contribution in [0.5, 0.6) is 0 Å². The van der Waals surface area contributed by atoms with E-state index >= 15 is 0 Å². The van der Waals surface area contributed by atoms with Gasteiger partial charge in [-0.25, -0.2) is 9.67 Å². The van der Waals surface area contributed by atoms with Gasteiger partial charge in [0.15, 0.2) is 5.65 Å². The van der Waals surface area contributed by atoms with E-state index in [0.717, 1.165) is 5.39 Å². The highest BCUT2D eigenvalue weighted by molar-refractivity contribution is 5.94. The number of hydrogen-bond donors (Lipinski definition) is 1. The highest BCUT2D eigenvalue weighted by Crippen LogP contribution is 2.41. The summed E-state index contributed by atoms with van der Waals surface area (Å²) < 4.78 is 41.3. The molecule has 1 saturated carbocycles. The lowest BCUT2D eigenvalue weighted by atomic mass is 9.78. The molecule has 0 saturated heterocycles. The molecule has 2 atom stereocenters. The number of carbonyl (C=O) groups excluding carboxylic acids is 1. The summed E-state index contributed by atoms with van der Waals surface area (Å²) in [4.78, 5) is 16.7. The maximum atomic E-state index is 13.2. The monoisotopic (exact) mass is 354 g/mol. The first-order chi connectivity index (χ1) is 11.8. The largest absolute Gasteiger partial charge is 0.392 e. The molecule has 1 N–H and O–H groups in total. The fourth-order valence-corrected chi connectivity index (χ4v) is 3.46. The van der Waals surface area contributed by atoms with Gasteiger partial charge >= 0.3 is 6.18 Å². The topological polar surface area (TPSA) is 59.8 Å². The summed E-state index contributed by atoms with van der Waals surface area (Å²) in [5, 5.41) is 7.59. The predicted octanol–water partition coefficient (Wildman–Crippen LogP) is 4.32. The van der Waals surface area contributed by atoms with Crippen LogP contribution in [0.25, 0.3) is 11.0 Å². The lowest BCUT2D eigenvalue weighted by Gasteiger charge is -2.31. The van der Waals surface area contributed by atoms with Crippen molar-refractivity contribution in [3.05, 3.63) is 18.5 Å². The molecule has 0 aliphatic heterocycles. The summed E-state index contributed by atoms with van der Waals surface area (Å²) >= 11 is 0. The van der Waals surface area contributed by atoms with E-state index in [2.05, 4.69) is 15.4 Å². The van der Waals surface area contributed by atoms with Gasteiger partial charge in [-0.2, -0.15) is 18.3 Å². The van der Waals surface area contributed by atoms with E-state index in [1.807, 2.05) is 13.8 Å². The lowest BCUT2D eigenvalue weighted by Crippen LogP contribution is -2.39. The molecular weight excluding hydrogens is 333 g/mol. The number of halogens is 3. The van der Waals surface area contributed by atoms with E-state index in [0.29, 0.717) is 24.2 Å². The molecule has 25 heavy (non-hydrogen) atoms. The normalized spacial score (nSPS) is 21.7. The number of alkyl halides is 3. The Morgan fingerprint density at radius 3 is 2.68 bits per heavy atom. The molecular formula is C17H21F3N4O. The van der Waals surface area contributed by atoms with Gasteiger partial charge in [0.25, 0.3) is 0 Å². The van der Waals surface area contributed by atoms with Crippen molar-refractivity contribution >= 4 is 22.6 Å². The van der Waals surface area contributed by atoms with Crippen molar-refractivity contribution in [3.63, 3.8) is 0 Å². The number of amides is 1. The van der Waals surface area contributed by atoms with E-state index in [1.54, 1.807) is 16.9 Å². The number of hydrogen-bond acceptors (Lipinski definition) is 3. The van der Waals surface area contributed by atoms with E-state index in [1.165, 1.54) is 6.20 Å². The number of nitrogens with zero attached hydrogens (tertiary/aromatic N) is 3. The average molecular weight is 354 g/mol. The third-order valence-electron chi connectivity index (χ3n) is 4.71. The van der Waals surface area contributed by atoms with Gasteiger partial charge in [0, 0.05) is 17.3 Å². The van der Waals surface area contributed by atoms with Crippen molar-refractivity contribution in [2.24, 2.45) is 11.8 Å². The molecule has 0 radical (unpaired) electrons. The number of rotatable bonds is 3. The molecule has 1 fully saturated rings. The molecule has 3 rings (SSSR count). The summed E-state index contributed by atoms with van der Waals surface area (Å²) in [6.45, 7) is 3.95. The summed E-state index contributed by atoms with van der Waals surface area (Å²) in [6, 6.07) is 1.83. The molecule has 0 aromatic carbocycles. The third-order valence-corrected chi connectivity index (χ3v) is 4.71. The Morgan fingerprint density at radius 1 is 1.28 bits per heavy atom. The lowest BCUT2D eigenvalue weighted by molar-refractivity contribution is -0.197. The number of aromatic nitrogens is 3. The number of pyridine rings is 1. The van der Waals surface area contributed by atoms with Crippen LogP contribution >= 0.6 is 0 Å². The Hall–Kier alpha value is -2.12. The molecule has 0 bridgehead atoms. The van der Waals surface area contributed by atoms with Gasteiger partial charge in [0.05, 0.1) is 24.0 Å². The van der Waals surface area contributed by atoms with Crippen molar-refractivity contribution in [1.82, 2.24) is 14.8 Å². The van der Waals surface area contributed by atoms with Crippen LogP contribution in [0, 0.1) is 11.8 Å². The number of carbonyl (C=O) groups is 1. The van der Waals surface area contributed by atoms with E-state index in [9.17, 15) is 18.0 Å². The Labute approximate surface area is 143 Å². The van der Waals surface area contributed by atoms with Crippen LogP contribution in [-0.4, -0.2) is 26.8 Å². The average Bonchev–Trinajstić information content (AvgIpc) is 2.97. The number of fused-ring (bicyclic) bond motifs is 1. The van der Waals surface area contributed by atoms with Gasteiger partial charge in [0.2, 0.25) is 5.91 Å². The summed E-state index contributed by atoms with van der Waals surface area (Å²) in [6.07, 6.45) is 0.183. The zero-order chi connectivity index (χ0) is 18.2. The Morgan fingerprint density at radius 2 is 2.00 bits per heavy atom. The first-order valence-electron chi connectivity index (χ1n) is 8.48. The Bertz CT molecular complexity index is 769. The molecule has 1 aliphatic carbocycles. The van der Waals surface area contributed by atoms with Crippen molar-refractivity contribution in [1.29, 1.82) is 0 Å². The number of anilines is 1. The van der Waals surface area contributed by atoms with Gasteiger partial charge in [-0.15, -0.1) is 0 Å². The fourth-order valence-electron chi connectivity index (χ4n) is 3.46. The van der Waals surface area contributed by atoms with Crippen molar-refractivity contribution in [3.8, 4) is 0 Å². The van der Waals surface area contributed by atoms with E-state index in [4.69, 9.17) is 0 Å². The summed E-state index contributed by atoms with van der Waals surface area (Å²) in [5.41, 5.74) is 1.08. The second-order valence-electron chi connectivity index (χ2n) is 6.85. The molecule has 8 heteroatoms. The minimum Gasteiger partial charge on any atom is -0.324 e. The van der Waals surface area contributed by atoms with E-state index < -0.39 is 23.9 Å². The Balaban J connectivity index is 1.79. The SMILES string of the molecule is CC(C)n1ncc2cc(NC(=O)C3CCCCC3C(F)(F)F)cnc21. The first kappa shape index (κ1) is 17.7. The minimum absolute atomic E-state index is 0.0139. The maximum Gasteiger partial charge on any atom is 0.392 e. The zero-order valence-electron chi connectivity index (χ0n) is 14.2. The second-order valence-corrected chi connectivity index (χ2v) is 6.85. The number of nitrogens with one attached hydrogen (secondary N) is 1. The Kier molecular flexibility index (Phi) is 4.71. The molecule has 1 aliphatic rings. The second kappa shape index (κ2) is 6.65. The van der Waals surface area contributed by atoms with Gasteiger partial charge in [-0.1, -0.05) is 12.8 Å². The van der Waals surface area contributed by atoms with Crippen LogP contribution in [-0.2, 0) is 4.79 Å². The van der Waals surface area contributed by atoms with Crippen LogP contribution in [0.1, 0.15) is 45.6 Å². The molecule has 2 aromatic rings. The molecule has 2 aromatic heterocycles. The van der Waals surface area contributed by atoms with Crippen LogP contribution in [0.2, 0.25) is 0 Å². The zero-order valence-corrected chi connectivity index (χ0v) is 14.2. The van der Waals surface area contributed by atoms with Crippen molar-refractivity contribution < 1.29 is 18.0 Å². The van der Waals surface area contributed by atoms with Crippen LogP contribution < -0.4 is 5.32 Å². The molecule has 2 unspecified atom stereocenters. The predicted molar refractivity (Wildman–Crippen MR) is 88.0 cm³/mol. The molecule has 136 valence electrons. The molecule has 5 nitrogen and oxygen atoms in total. The smallest absolute Gasteiger partial charge is 0.324 e. The van der Waals surface area contributed by atoms with Crippen LogP contribution in [0.15, 0.2) is 18.5 Å². The summed E-state index contributed by atoms with van der Waals surface area (Å²) in [5.74, 6) is -3.19. The highest BCUT2D eigenvalue weighted by Gasteiger charge is 2.48. The summed E-state index contributed by atoms with van der Waals surface area (Å²) in [7, 11) is 0. The standard InChI is InChI=1S/C17H21F3N4O/c1-10(2)24-15-11(8-22-24)7-12(9-21-15)23-16(25)13-5-3-4-6-14(13)17(18,19)20/h7-10,13-14H,3-6H2,1-2H3,(H,23,25). The highest BCUT2D eigenvalue weighted by atomic mass is 19.4. The molecule has 2 heterocycles. The minimum atomic E-state index is -4.34. The molecule has 1 amide bonds. The van der Waals surface area contributed by atoms with Crippen molar-refractivity contribution in [2.45, 2.75) is 51.7 Å². The van der Waals surface area contributed by atoms with Crippen LogP contribution in [0.4, 0.5) is 18.9 Å². The maximum absolute atomic E-state index is 13.2. The van der Waals surface area contributed by atoms with E-state index in [-0.39, 0.29) is 18.9 Å². The van der Waals surface area contributed by atoms with Gasteiger partial charge in [0.1, 0.15) is 0 Å². The van der Waals surface area contributed by atoms with Crippen LogP contribution in [0.3, 0.4) is 0 Å². The first-order valence-corrected chi connectivity index (χ1v) is 8.48. The quantitative estimate of drug-likeness (QED) is 0.893. The van der Waals surface area contributed by atoms with Crippen molar-refractivity contribution in [2.75, 3.05) is 5.32 Å². The third kappa shape index (κ3) is 3.62.